The van der Waals surface area contributed by atoms with Crippen LogP contribution in [0.5, 0.6) is 0 Å². The van der Waals surface area contributed by atoms with Gasteiger partial charge in [-0.2, -0.15) is 5.10 Å². The summed E-state index contributed by atoms with van der Waals surface area (Å²) in [4.78, 5) is 27.3. The van der Waals surface area contributed by atoms with E-state index in [1.165, 1.54) is 22.9 Å². The Labute approximate surface area is 218 Å². The van der Waals surface area contributed by atoms with Gasteiger partial charge in [-0.25, -0.2) is 0 Å². The number of hydrogen-bond acceptors (Lipinski definition) is 7. The molecule has 0 spiro atoms. The van der Waals surface area contributed by atoms with Gasteiger partial charge in [-0.05, 0) is 43.3 Å². The van der Waals surface area contributed by atoms with Gasteiger partial charge in [-0.15, -0.1) is 5.10 Å². The highest BCUT2D eigenvalue weighted by molar-refractivity contribution is 8.15. The lowest BCUT2D eigenvalue weighted by Gasteiger charge is -2.14. The molecule has 0 bridgehead atoms. The van der Waals surface area contributed by atoms with Crippen LogP contribution in [0.1, 0.15) is 23.5 Å². The molecule has 1 unspecified atom stereocenters. The molecule has 1 N–H and O–H groups in total. The predicted octanol–water partition coefficient (Wildman–Crippen LogP) is 5.71. The van der Waals surface area contributed by atoms with Gasteiger partial charge in [0.05, 0.1) is 19.0 Å². The van der Waals surface area contributed by atoms with E-state index in [4.69, 9.17) is 8.83 Å². The van der Waals surface area contributed by atoms with Gasteiger partial charge < -0.3 is 14.2 Å². The van der Waals surface area contributed by atoms with Gasteiger partial charge in [-0.1, -0.05) is 59.8 Å². The van der Waals surface area contributed by atoms with Crippen molar-refractivity contribution in [3.05, 3.63) is 102 Å². The summed E-state index contributed by atoms with van der Waals surface area (Å²) in [5.41, 5.74) is 2.74. The number of aryl methyl sites for hydroxylation is 1. The van der Waals surface area contributed by atoms with Crippen molar-refractivity contribution in [2.75, 3.05) is 5.32 Å². The number of anilines is 1. The van der Waals surface area contributed by atoms with Crippen LogP contribution in [0.25, 0.3) is 11.3 Å². The van der Waals surface area contributed by atoms with Crippen molar-refractivity contribution < 1.29 is 18.4 Å². The molecule has 5 rings (SSSR count). The molecule has 1 aliphatic rings. The molecule has 8 nitrogen and oxygen atoms in total. The van der Waals surface area contributed by atoms with E-state index in [1.54, 1.807) is 24.5 Å². The third-order valence-corrected chi connectivity index (χ3v) is 6.80. The molecule has 1 aliphatic heterocycles. The van der Waals surface area contributed by atoms with Crippen molar-refractivity contribution in [2.24, 2.45) is 10.2 Å². The van der Waals surface area contributed by atoms with E-state index in [0.717, 1.165) is 16.9 Å². The van der Waals surface area contributed by atoms with Crippen molar-refractivity contribution in [1.82, 2.24) is 4.90 Å². The van der Waals surface area contributed by atoms with E-state index in [9.17, 15) is 9.59 Å². The van der Waals surface area contributed by atoms with Crippen LogP contribution in [-0.4, -0.2) is 33.3 Å². The summed E-state index contributed by atoms with van der Waals surface area (Å²) in [5.74, 6) is 1.39. The molecular weight excluding hydrogens is 488 g/mol. The van der Waals surface area contributed by atoms with E-state index in [1.807, 2.05) is 67.6 Å². The Morgan fingerprint density at radius 2 is 1.86 bits per heavy atom. The van der Waals surface area contributed by atoms with Crippen LogP contribution in [0.15, 0.2) is 104 Å². The van der Waals surface area contributed by atoms with Crippen molar-refractivity contribution in [1.29, 1.82) is 0 Å². The molecule has 2 aromatic heterocycles. The largest absolute Gasteiger partial charge is 0.467 e. The van der Waals surface area contributed by atoms with E-state index in [2.05, 4.69) is 15.5 Å². The number of carbonyl (C=O) groups excluding carboxylic acids is 2. The van der Waals surface area contributed by atoms with E-state index in [0.29, 0.717) is 22.4 Å². The third-order valence-electron chi connectivity index (χ3n) is 5.63. The number of carbonyl (C=O) groups is 2. The van der Waals surface area contributed by atoms with Gasteiger partial charge in [0, 0.05) is 17.7 Å². The van der Waals surface area contributed by atoms with Gasteiger partial charge >= 0.3 is 0 Å². The number of hydrogen-bond donors (Lipinski definition) is 1. The van der Waals surface area contributed by atoms with Gasteiger partial charge in [-0.3, -0.25) is 14.5 Å². The number of thioether (sulfide) groups is 1. The third kappa shape index (κ3) is 6.07. The smallest absolute Gasteiger partial charge is 0.243 e. The summed E-state index contributed by atoms with van der Waals surface area (Å²) in [6.07, 6.45) is 3.05. The van der Waals surface area contributed by atoms with Crippen molar-refractivity contribution in [3.8, 4) is 11.3 Å². The Balaban J connectivity index is 1.29. The highest BCUT2D eigenvalue weighted by atomic mass is 32.2. The first-order valence-corrected chi connectivity index (χ1v) is 12.6. The lowest BCUT2D eigenvalue weighted by molar-refractivity contribution is -0.128. The van der Waals surface area contributed by atoms with E-state index < -0.39 is 5.25 Å². The second-order valence-electron chi connectivity index (χ2n) is 8.42. The van der Waals surface area contributed by atoms with Gasteiger partial charge in [0.2, 0.25) is 11.8 Å². The van der Waals surface area contributed by atoms with Gasteiger partial charge in [0.15, 0.2) is 5.17 Å². The van der Waals surface area contributed by atoms with Gasteiger partial charge in [0.25, 0.3) is 0 Å². The van der Waals surface area contributed by atoms with E-state index in [-0.39, 0.29) is 24.8 Å². The summed E-state index contributed by atoms with van der Waals surface area (Å²) in [5, 5.41) is 11.1. The average Bonchev–Trinajstić information content (AvgIpc) is 3.65. The second-order valence-corrected chi connectivity index (χ2v) is 9.59. The van der Waals surface area contributed by atoms with Crippen LogP contribution < -0.4 is 5.32 Å². The number of nitrogens with one attached hydrogen (secondary N) is 1. The molecule has 0 radical (unpaired) electrons. The molecular formula is C28H24N4O4S. The molecule has 37 heavy (non-hydrogen) atoms. The molecule has 9 heteroatoms. The van der Waals surface area contributed by atoms with Crippen LogP contribution in [0.4, 0.5) is 5.69 Å². The van der Waals surface area contributed by atoms with Crippen LogP contribution >= 0.6 is 11.8 Å². The maximum Gasteiger partial charge on any atom is 0.243 e. The Hall–Kier alpha value is -4.37. The zero-order valence-electron chi connectivity index (χ0n) is 20.0. The minimum atomic E-state index is -0.623. The SMILES string of the molecule is Cc1ccc(NC(=O)CC2S/C(=N\N=C\c3ccc(-c4ccccc4)o3)N(Cc3ccco3)C2=O)cc1. The molecule has 2 amide bonds. The summed E-state index contributed by atoms with van der Waals surface area (Å²) in [7, 11) is 0. The maximum absolute atomic E-state index is 13.2. The molecule has 2 aromatic carbocycles. The Kier molecular flexibility index (Phi) is 7.32. The molecule has 4 aromatic rings. The fourth-order valence-corrected chi connectivity index (χ4v) is 4.85. The minimum Gasteiger partial charge on any atom is -0.467 e. The first-order chi connectivity index (χ1) is 18.0. The molecule has 1 saturated heterocycles. The number of nitrogens with zero attached hydrogens (tertiary/aromatic N) is 3. The first-order valence-electron chi connectivity index (χ1n) is 11.7. The lowest BCUT2D eigenvalue weighted by atomic mass is 10.2. The number of amides is 2. The van der Waals surface area contributed by atoms with Crippen LogP contribution in [0, 0.1) is 6.92 Å². The predicted molar refractivity (Wildman–Crippen MR) is 144 cm³/mol. The number of furan rings is 2. The summed E-state index contributed by atoms with van der Waals surface area (Å²) in [6.45, 7) is 2.17. The zero-order chi connectivity index (χ0) is 25.6. The van der Waals surface area contributed by atoms with E-state index >= 15 is 0 Å². The molecule has 0 saturated carbocycles. The Morgan fingerprint density at radius 1 is 1.05 bits per heavy atom. The number of amidine groups is 1. The summed E-state index contributed by atoms with van der Waals surface area (Å²) < 4.78 is 11.3. The molecule has 186 valence electrons. The van der Waals surface area contributed by atoms with Crippen molar-refractivity contribution >= 4 is 40.6 Å². The highest BCUT2D eigenvalue weighted by Gasteiger charge is 2.39. The maximum atomic E-state index is 13.2. The van der Waals surface area contributed by atoms with Crippen molar-refractivity contribution in [2.45, 2.75) is 25.1 Å². The number of benzene rings is 2. The summed E-state index contributed by atoms with van der Waals surface area (Å²) >= 11 is 1.21. The average molecular weight is 513 g/mol. The monoisotopic (exact) mass is 512 g/mol. The molecule has 0 aliphatic carbocycles. The van der Waals surface area contributed by atoms with Crippen LogP contribution in [0.3, 0.4) is 0 Å². The zero-order valence-corrected chi connectivity index (χ0v) is 20.9. The fraction of sp³-hybridized carbons (Fsp3) is 0.143. The number of rotatable bonds is 8. The molecule has 1 atom stereocenters. The summed E-state index contributed by atoms with van der Waals surface area (Å²) in [6, 6.07) is 24.5. The fourth-order valence-electron chi connectivity index (χ4n) is 3.75. The van der Waals surface area contributed by atoms with Crippen LogP contribution in [0.2, 0.25) is 0 Å². The highest BCUT2D eigenvalue weighted by Crippen LogP contribution is 2.31. The quantitative estimate of drug-likeness (QED) is 0.241. The normalized spacial score (nSPS) is 16.7. The first kappa shape index (κ1) is 24.3. The molecule has 1 fully saturated rings. The minimum absolute atomic E-state index is 0.00733. The van der Waals surface area contributed by atoms with Crippen molar-refractivity contribution in [3.63, 3.8) is 0 Å². The van der Waals surface area contributed by atoms with Crippen LogP contribution in [-0.2, 0) is 16.1 Å². The standard InChI is InChI=1S/C28H24N4O4S/c1-19-9-11-21(12-10-19)30-26(33)16-25-27(34)32(18-23-8-5-15-35-23)28(37-25)31-29-17-22-13-14-24(36-22)20-6-3-2-4-7-20/h2-15,17,25H,16,18H2,1H3,(H,30,33)/b29-17+,31-28-. The second kappa shape index (κ2) is 11.1. The lowest BCUT2D eigenvalue weighted by Crippen LogP contribution is -2.33. The van der Waals surface area contributed by atoms with Gasteiger partial charge in [0.1, 0.15) is 22.5 Å². The molecule has 3 heterocycles. The topological polar surface area (TPSA) is 100 Å². The Morgan fingerprint density at radius 3 is 2.62 bits per heavy atom. The Bertz CT molecular complexity index is 1430.